The fourth-order valence-corrected chi connectivity index (χ4v) is 6.96. The summed E-state index contributed by atoms with van der Waals surface area (Å²) in [5.74, 6) is 0.996. The first kappa shape index (κ1) is 16.8. The van der Waals surface area contributed by atoms with Crippen LogP contribution in [0.4, 0.5) is 0 Å². The predicted octanol–water partition coefficient (Wildman–Crippen LogP) is 11.4. The first-order chi connectivity index (χ1) is 31.2. The van der Waals surface area contributed by atoms with E-state index >= 15 is 0 Å². The molecule has 0 N–H and O–H groups in total. The Balaban J connectivity index is 1.42. The second-order valence-electron chi connectivity index (χ2n) is 12.0. The molecule has 4 heteroatoms. The number of fused-ring (bicyclic) bond motifs is 8. The fourth-order valence-electron chi connectivity index (χ4n) is 6.96. The summed E-state index contributed by atoms with van der Waals surface area (Å²) in [5, 5.41) is 0.207. The first-order valence-electron chi connectivity index (χ1n) is 23.8. The van der Waals surface area contributed by atoms with E-state index in [0.29, 0.717) is 39.1 Å². The minimum Gasteiger partial charge on any atom is -0.308 e. The Morgan fingerprint density at radius 2 is 1.16 bits per heavy atom. The second-order valence-corrected chi connectivity index (χ2v) is 12.0. The van der Waals surface area contributed by atoms with Crippen LogP contribution in [-0.4, -0.2) is 19.5 Å². The molecule has 0 bridgehead atoms. The average Bonchev–Trinajstić information content (AvgIpc) is 3.84. The van der Waals surface area contributed by atoms with Crippen molar-refractivity contribution < 1.29 is 21.9 Å². The SMILES string of the molecule is [2H]c1c([2H])c([2H])c2c(c1[2H])-c1c([2H])c([2H])c3c4c([2H])c([2H])c([2H])c([2H])c4n(-c4ccc(-c5nc(-c6ccccc6)nc(-c6ccccc6)n5)c5ccccc45)c3c1C2(C([2H])([2H])[2H])C([2H])([2H])[2H]. The molecule has 236 valence electrons. The minimum atomic E-state index is -3.65. The van der Waals surface area contributed by atoms with Crippen LogP contribution in [0.2, 0.25) is 0 Å². The molecule has 1 aliphatic carbocycles. The van der Waals surface area contributed by atoms with Crippen molar-refractivity contribution in [2.45, 2.75) is 19.1 Å². The predicted molar refractivity (Wildman–Crippen MR) is 206 cm³/mol. The molecule has 50 heavy (non-hydrogen) atoms. The summed E-state index contributed by atoms with van der Waals surface area (Å²) < 4.78 is 147. The van der Waals surface area contributed by atoms with Crippen LogP contribution in [0.3, 0.4) is 0 Å². The molecule has 0 saturated heterocycles. The van der Waals surface area contributed by atoms with Crippen molar-refractivity contribution in [2.24, 2.45) is 0 Å². The van der Waals surface area contributed by atoms with Crippen LogP contribution < -0.4 is 0 Å². The Kier molecular flexibility index (Phi) is 3.64. The van der Waals surface area contributed by atoms with E-state index < -0.39 is 102 Å². The van der Waals surface area contributed by atoms with E-state index in [4.69, 9.17) is 31.4 Å². The van der Waals surface area contributed by atoms with Crippen LogP contribution in [0.5, 0.6) is 0 Å². The molecule has 0 amide bonds. The van der Waals surface area contributed by atoms with Crippen LogP contribution in [-0.2, 0) is 5.41 Å². The van der Waals surface area contributed by atoms with Gasteiger partial charge in [0.1, 0.15) is 0 Å². The van der Waals surface area contributed by atoms with Crippen LogP contribution in [0.1, 0.15) is 46.8 Å². The highest BCUT2D eigenvalue weighted by molar-refractivity contribution is 6.14. The summed E-state index contributed by atoms with van der Waals surface area (Å²) in [5.41, 5.74) is -4.47. The highest BCUT2D eigenvalue weighted by atomic mass is 15.0. The largest absolute Gasteiger partial charge is 0.308 e. The zero-order chi connectivity index (χ0) is 47.1. The fraction of sp³-hybridized carbons (Fsp3) is 0.0652. The number of rotatable bonds is 4. The Morgan fingerprint density at radius 1 is 0.520 bits per heavy atom. The third-order valence-electron chi connectivity index (χ3n) is 9.17. The molecule has 7 aromatic carbocycles. The Bertz CT molecular complexity index is 3500. The van der Waals surface area contributed by atoms with Crippen molar-refractivity contribution in [3.8, 4) is 51.0 Å². The molecule has 0 atom stereocenters. The van der Waals surface area contributed by atoms with Gasteiger partial charge >= 0.3 is 0 Å². The first-order valence-corrected chi connectivity index (χ1v) is 15.8. The lowest BCUT2D eigenvalue weighted by molar-refractivity contribution is 0.664. The van der Waals surface area contributed by atoms with Gasteiger partial charge in [0.25, 0.3) is 0 Å². The van der Waals surface area contributed by atoms with Crippen molar-refractivity contribution in [2.75, 3.05) is 0 Å². The van der Waals surface area contributed by atoms with Gasteiger partial charge in [0.05, 0.1) is 30.4 Å². The maximum absolute atomic E-state index is 9.55. The van der Waals surface area contributed by atoms with Gasteiger partial charge in [-0.2, -0.15) is 0 Å². The molecular formula is C46H32N4. The summed E-state index contributed by atoms with van der Waals surface area (Å²) >= 11 is 0. The van der Waals surface area contributed by atoms with E-state index in [-0.39, 0.29) is 33.3 Å². The van der Waals surface area contributed by atoms with Gasteiger partial charge in [-0.15, -0.1) is 0 Å². The minimum absolute atomic E-state index is 0.139. The number of aromatic nitrogens is 4. The molecule has 0 saturated carbocycles. The van der Waals surface area contributed by atoms with Crippen LogP contribution in [0, 0.1) is 0 Å². The van der Waals surface area contributed by atoms with E-state index in [0.717, 1.165) is 0 Å². The van der Waals surface area contributed by atoms with Gasteiger partial charge in [-0.25, -0.2) is 15.0 Å². The lowest BCUT2D eigenvalue weighted by atomic mass is 9.81. The quantitative estimate of drug-likeness (QED) is 0.189. The molecule has 4 nitrogen and oxygen atoms in total. The molecule has 2 aromatic heterocycles. The van der Waals surface area contributed by atoms with Crippen molar-refractivity contribution in [3.05, 3.63) is 169 Å². The number of nitrogens with zero attached hydrogens (tertiary/aromatic N) is 4. The van der Waals surface area contributed by atoms with E-state index in [9.17, 15) is 5.48 Å². The summed E-state index contributed by atoms with van der Waals surface area (Å²) in [6.07, 6.45) is 0. The van der Waals surface area contributed by atoms with Gasteiger partial charge in [-0.05, 0) is 45.8 Å². The Hall–Kier alpha value is -6.39. The topological polar surface area (TPSA) is 43.6 Å². The Labute approximate surface area is 312 Å². The third kappa shape index (κ3) is 4.15. The van der Waals surface area contributed by atoms with Gasteiger partial charge in [0.15, 0.2) is 17.5 Å². The van der Waals surface area contributed by atoms with Crippen LogP contribution in [0.25, 0.3) is 83.6 Å². The molecule has 0 aliphatic heterocycles. The van der Waals surface area contributed by atoms with Crippen molar-refractivity contribution in [1.29, 1.82) is 0 Å². The Morgan fingerprint density at radius 3 is 1.90 bits per heavy atom. The van der Waals surface area contributed by atoms with E-state index in [1.807, 2.05) is 60.7 Å². The standard InChI is InChI=1S/C46H32N4/c1-46(2)38-23-13-11-20-32(38)35-25-26-36-34-22-12-14-24-39(34)50(42(36)41(35)46)40-28-27-37(31-19-9-10-21-33(31)40)45-48-43(29-15-5-3-6-16-29)47-44(49-45)30-17-7-4-8-18-30/h3-28H,1-2H3/i1D3,2D3,11D,12D,13D,14D,20D,22D,23D,24D,25D,26D. The van der Waals surface area contributed by atoms with Gasteiger partial charge in [0.2, 0.25) is 0 Å². The summed E-state index contributed by atoms with van der Waals surface area (Å²) in [7, 11) is 0. The lowest BCUT2D eigenvalue weighted by Gasteiger charge is -2.24. The third-order valence-corrected chi connectivity index (χ3v) is 9.17. The van der Waals surface area contributed by atoms with Gasteiger partial charge in [-0.1, -0.05) is 153 Å². The monoisotopic (exact) mass is 656 g/mol. The lowest BCUT2D eigenvalue weighted by Crippen LogP contribution is -2.16. The number of hydrogen-bond acceptors (Lipinski definition) is 3. The average molecular weight is 657 g/mol. The molecule has 2 heterocycles. The molecule has 0 unspecified atom stereocenters. The van der Waals surface area contributed by atoms with Gasteiger partial charge < -0.3 is 4.57 Å². The molecule has 10 rings (SSSR count). The number of benzene rings is 7. The molecule has 1 aliphatic rings. The zero-order valence-corrected chi connectivity index (χ0v) is 26.0. The van der Waals surface area contributed by atoms with Crippen molar-refractivity contribution in [3.63, 3.8) is 0 Å². The summed E-state index contributed by atoms with van der Waals surface area (Å²) in [6, 6.07) is 21.1. The van der Waals surface area contributed by atoms with Crippen LogP contribution >= 0.6 is 0 Å². The molecule has 9 aromatic rings. The van der Waals surface area contributed by atoms with Gasteiger partial charge in [0, 0.05) is 46.5 Å². The second kappa shape index (κ2) is 10.8. The number of para-hydroxylation sites is 1. The normalized spacial score (nSPS) is 18.2. The molecule has 0 fully saturated rings. The van der Waals surface area contributed by atoms with E-state index in [2.05, 4.69) is 0 Å². The maximum Gasteiger partial charge on any atom is 0.164 e. The van der Waals surface area contributed by atoms with Gasteiger partial charge in [-0.3, -0.25) is 0 Å². The van der Waals surface area contributed by atoms with E-state index in [1.54, 1.807) is 36.4 Å². The van der Waals surface area contributed by atoms with Crippen LogP contribution in [0.15, 0.2) is 157 Å². The summed E-state index contributed by atoms with van der Waals surface area (Å²) in [6.45, 7) is -7.29. The highest BCUT2D eigenvalue weighted by Gasteiger charge is 2.38. The molecular weight excluding hydrogens is 609 g/mol. The highest BCUT2D eigenvalue weighted by Crippen LogP contribution is 2.53. The zero-order valence-electron chi connectivity index (χ0n) is 42.0. The van der Waals surface area contributed by atoms with Crippen molar-refractivity contribution in [1.82, 2.24) is 19.5 Å². The van der Waals surface area contributed by atoms with Crippen molar-refractivity contribution >= 4 is 32.6 Å². The smallest absolute Gasteiger partial charge is 0.164 e. The number of hydrogen-bond donors (Lipinski definition) is 0. The maximum atomic E-state index is 9.55. The van der Waals surface area contributed by atoms with E-state index in [1.165, 1.54) is 4.57 Å². The molecule has 0 spiro atoms. The summed E-state index contributed by atoms with van der Waals surface area (Å²) in [4.78, 5) is 14.6. The molecule has 0 radical (unpaired) electrons.